The Kier molecular flexibility index (Phi) is 2.04. The van der Waals surface area contributed by atoms with Gasteiger partial charge in [0.05, 0.1) is 0 Å². The first-order valence-electron chi connectivity index (χ1n) is 4.18. The number of hydrogen-bond donors (Lipinski definition) is 0. The summed E-state index contributed by atoms with van der Waals surface area (Å²) in [7, 11) is 4.37. The second-order valence-corrected chi connectivity index (χ2v) is 4.52. The summed E-state index contributed by atoms with van der Waals surface area (Å²) in [6, 6.07) is 0.843. The van der Waals surface area contributed by atoms with Crippen molar-refractivity contribution in [3.63, 3.8) is 0 Å². The van der Waals surface area contributed by atoms with Crippen LogP contribution in [0.25, 0.3) is 0 Å². The molecule has 0 heterocycles. The second-order valence-electron chi connectivity index (χ2n) is 4.52. The van der Waals surface area contributed by atoms with E-state index in [2.05, 4.69) is 32.8 Å². The van der Waals surface area contributed by atoms with Gasteiger partial charge in [-0.3, -0.25) is 0 Å². The molecular formula is C9H19N. The lowest BCUT2D eigenvalue weighted by atomic mass is 9.92. The molecule has 0 aromatic rings. The highest BCUT2D eigenvalue weighted by molar-refractivity contribution is 4.85. The third kappa shape index (κ3) is 1.72. The molecule has 1 fully saturated rings. The molecule has 0 N–H and O–H groups in total. The van der Waals surface area contributed by atoms with E-state index in [-0.39, 0.29) is 0 Å². The van der Waals surface area contributed by atoms with Crippen molar-refractivity contribution in [1.29, 1.82) is 0 Å². The topological polar surface area (TPSA) is 3.24 Å². The Labute approximate surface area is 64.4 Å². The summed E-state index contributed by atoms with van der Waals surface area (Å²) >= 11 is 0. The predicted octanol–water partition coefficient (Wildman–Crippen LogP) is 2.13. The summed E-state index contributed by atoms with van der Waals surface area (Å²) in [4.78, 5) is 2.36. The average Bonchev–Trinajstić information content (AvgIpc) is 2.10. The number of nitrogens with zero attached hydrogens (tertiary/aromatic N) is 1. The average molecular weight is 141 g/mol. The zero-order valence-electron chi connectivity index (χ0n) is 7.65. The van der Waals surface area contributed by atoms with E-state index in [1.165, 1.54) is 19.3 Å². The van der Waals surface area contributed by atoms with Gasteiger partial charge in [0.25, 0.3) is 0 Å². The molecule has 1 heteroatoms. The minimum atomic E-state index is 0.606. The monoisotopic (exact) mass is 141 g/mol. The molecule has 0 aromatic carbocycles. The largest absolute Gasteiger partial charge is 0.306 e. The molecule has 0 aliphatic heterocycles. The zero-order chi connectivity index (χ0) is 7.78. The van der Waals surface area contributed by atoms with Crippen LogP contribution in [0.1, 0.15) is 33.1 Å². The molecule has 1 rings (SSSR count). The predicted molar refractivity (Wildman–Crippen MR) is 45.1 cm³/mol. The number of rotatable bonds is 1. The second kappa shape index (κ2) is 2.54. The van der Waals surface area contributed by atoms with Gasteiger partial charge in [-0.25, -0.2) is 0 Å². The zero-order valence-corrected chi connectivity index (χ0v) is 7.65. The fraction of sp³-hybridized carbons (Fsp3) is 1.00. The van der Waals surface area contributed by atoms with Crippen LogP contribution in [0.5, 0.6) is 0 Å². The molecule has 1 aliphatic carbocycles. The van der Waals surface area contributed by atoms with E-state index in [9.17, 15) is 0 Å². The Balaban J connectivity index is 2.43. The van der Waals surface area contributed by atoms with Crippen LogP contribution in [0.3, 0.4) is 0 Å². The third-order valence-electron chi connectivity index (χ3n) is 2.67. The van der Waals surface area contributed by atoms with Gasteiger partial charge in [-0.2, -0.15) is 0 Å². The first-order valence-corrected chi connectivity index (χ1v) is 4.18. The minimum absolute atomic E-state index is 0.606. The van der Waals surface area contributed by atoms with E-state index < -0.39 is 0 Å². The van der Waals surface area contributed by atoms with Crippen LogP contribution in [0.2, 0.25) is 0 Å². The quantitative estimate of drug-likeness (QED) is 0.540. The van der Waals surface area contributed by atoms with Gasteiger partial charge in [0.15, 0.2) is 0 Å². The van der Waals surface area contributed by atoms with Crippen molar-refractivity contribution in [3.05, 3.63) is 0 Å². The van der Waals surface area contributed by atoms with Crippen LogP contribution in [0.4, 0.5) is 0 Å². The molecule has 1 saturated carbocycles. The molecule has 0 aromatic heterocycles. The normalized spacial score (nSPS) is 31.5. The molecule has 10 heavy (non-hydrogen) atoms. The van der Waals surface area contributed by atoms with Gasteiger partial charge in [-0.15, -0.1) is 0 Å². The maximum atomic E-state index is 2.37. The first kappa shape index (κ1) is 8.06. The van der Waals surface area contributed by atoms with Crippen molar-refractivity contribution in [2.24, 2.45) is 5.41 Å². The standard InChI is InChI=1S/C9H19N/c1-9(2)6-5-8(7-9)10(3)4/h8H,5-7H2,1-4H3. The Hall–Kier alpha value is -0.0400. The Bertz CT molecular complexity index is 116. The SMILES string of the molecule is CN(C)C1CCC(C)(C)C1. The van der Waals surface area contributed by atoms with Crippen LogP contribution in [-0.4, -0.2) is 25.0 Å². The van der Waals surface area contributed by atoms with E-state index in [4.69, 9.17) is 0 Å². The summed E-state index contributed by atoms with van der Waals surface area (Å²) in [6.07, 6.45) is 4.16. The summed E-state index contributed by atoms with van der Waals surface area (Å²) in [5.74, 6) is 0. The summed E-state index contributed by atoms with van der Waals surface area (Å²) in [5.41, 5.74) is 0.606. The van der Waals surface area contributed by atoms with Crippen LogP contribution >= 0.6 is 0 Å². The fourth-order valence-electron chi connectivity index (χ4n) is 1.84. The number of hydrogen-bond acceptors (Lipinski definition) is 1. The maximum Gasteiger partial charge on any atom is 0.00944 e. The lowest BCUT2D eigenvalue weighted by Gasteiger charge is -2.21. The van der Waals surface area contributed by atoms with Crippen molar-refractivity contribution in [2.75, 3.05) is 14.1 Å². The Morgan fingerprint density at radius 3 is 2.10 bits per heavy atom. The molecule has 0 radical (unpaired) electrons. The van der Waals surface area contributed by atoms with Gasteiger partial charge in [0, 0.05) is 6.04 Å². The lowest BCUT2D eigenvalue weighted by Crippen LogP contribution is -2.25. The molecule has 60 valence electrons. The van der Waals surface area contributed by atoms with Gasteiger partial charge in [-0.1, -0.05) is 13.8 Å². The Morgan fingerprint density at radius 2 is 1.90 bits per heavy atom. The fourth-order valence-corrected chi connectivity index (χ4v) is 1.84. The highest BCUT2D eigenvalue weighted by atomic mass is 15.1. The highest BCUT2D eigenvalue weighted by Crippen LogP contribution is 2.38. The smallest absolute Gasteiger partial charge is 0.00944 e. The molecule has 1 unspecified atom stereocenters. The van der Waals surface area contributed by atoms with Crippen molar-refractivity contribution >= 4 is 0 Å². The van der Waals surface area contributed by atoms with Gasteiger partial charge >= 0.3 is 0 Å². The molecule has 1 nitrogen and oxygen atoms in total. The molecule has 1 aliphatic rings. The maximum absolute atomic E-state index is 2.37. The lowest BCUT2D eigenvalue weighted by molar-refractivity contribution is 0.270. The molecule has 0 bridgehead atoms. The first-order chi connectivity index (χ1) is 4.51. The van der Waals surface area contributed by atoms with E-state index in [0.717, 1.165) is 6.04 Å². The third-order valence-corrected chi connectivity index (χ3v) is 2.67. The molecule has 0 saturated heterocycles. The van der Waals surface area contributed by atoms with E-state index in [1.807, 2.05) is 0 Å². The molecule has 0 amide bonds. The van der Waals surface area contributed by atoms with Gasteiger partial charge in [-0.05, 0) is 38.8 Å². The molecule has 1 atom stereocenters. The van der Waals surface area contributed by atoms with Gasteiger partial charge in [0.2, 0.25) is 0 Å². The molecular weight excluding hydrogens is 122 g/mol. The summed E-state index contributed by atoms with van der Waals surface area (Å²) in [6.45, 7) is 4.74. The minimum Gasteiger partial charge on any atom is -0.306 e. The highest BCUT2D eigenvalue weighted by Gasteiger charge is 2.31. The Morgan fingerprint density at radius 1 is 1.30 bits per heavy atom. The van der Waals surface area contributed by atoms with Crippen molar-refractivity contribution in [1.82, 2.24) is 4.90 Å². The van der Waals surface area contributed by atoms with E-state index >= 15 is 0 Å². The van der Waals surface area contributed by atoms with Crippen LogP contribution in [-0.2, 0) is 0 Å². The van der Waals surface area contributed by atoms with E-state index in [0.29, 0.717) is 5.41 Å². The van der Waals surface area contributed by atoms with E-state index in [1.54, 1.807) is 0 Å². The van der Waals surface area contributed by atoms with Crippen LogP contribution in [0.15, 0.2) is 0 Å². The van der Waals surface area contributed by atoms with Crippen molar-refractivity contribution in [2.45, 2.75) is 39.2 Å². The summed E-state index contributed by atoms with van der Waals surface area (Å²) < 4.78 is 0. The van der Waals surface area contributed by atoms with Crippen LogP contribution in [0, 0.1) is 5.41 Å². The molecule has 0 spiro atoms. The van der Waals surface area contributed by atoms with Crippen LogP contribution < -0.4 is 0 Å². The summed E-state index contributed by atoms with van der Waals surface area (Å²) in [5, 5.41) is 0. The van der Waals surface area contributed by atoms with Gasteiger partial charge in [0.1, 0.15) is 0 Å². The van der Waals surface area contributed by atoms with Crippen molar-refractivity contribution in [3.8, 4) is 0 Å². The van der Waals surface area contributed by atoms with Gasteiger partial charge < -0.3 is 4.90 Å². The van der Waals surface area contributed by atoms with Crippen molar-refractivity contribution < 1.29 is 0 Å².